The van der Waals surface area contributed by atoms with Gasteiger partial charge >= 0.3 is 6.18 Å². The normalized spacial score (nSPS) is 11.3. The third kappa shape index (κ3) is 5.17. The van der Waals surface area contributed by atoms with Gasteiger partial charge < -0.3 is 16.0 Å². The van der Waals surface area contributed by atoms with Gasteiger partial charge in [-0.25, -0.2) is 0 Å². The molecule has 0 aliphatic rings. The molecular formula is C14H20F3N3O. The molecule has 0 aromatic heterocycles. The van der Waals surface area contributed by atoms with Crippen molar-refractivity contribution in [3.05, 3.63) is 23.8 Å². The van der Waals surface area contributed by atoms with Gasteiger partial charge in [0.15, 0.2) is 0 Å². The van der Waals surface area contributed by atoms with E-state index in [0.29, 0.717) is 24.2 Å². The molecule has 0 saturated carbocycles. The number of halogens is 3. The zero-order valence-corrected chi connectivity index (χ0v) is 12.1. The summed E-state index contributed by atoms with van der Waals surface area (Å²) in [6.07, 6.45) is -3.74. The number of carbonyl (C=O) groups is 1. The highest BCUT2D eigenvalue weighted by molar-refractivity contribution is 5.96. The van der Waals surface area contributed by atoms with Crippen molar-refractivity contribution in [2.75, 3.05) is 30.3 Å². The molecule has 118 valence electrons. The topological polar surface area (TPSA) is 58.4 Å². The predicted molar refractivity (Wildman–Crippen MR) is 77.4 cm³/mol. The highest BCUT2D eigenvalue weighted by atomic mass is 19.4. The fourth-order valence-electron chi connectivity index (χ4n) is 2.02. The smallest absolute Gasteiger partial charge is 0.397 e. The summed E-state index contributed by atoms with van der Waals surface area (Å²) >= 11 is 0. The molecule has 0 heterocycles. The van der Waals surface area contributed by atoms with E-state index in [9.17, 15) is 18.0 Å². The summed E-state index contributed by atoms with van der Waals surface area (Å²) in [5.74, 6) is -0.298. The van der Waals surface area contributed by atoms with Gasteiger partial charge in [0.1, 0.15) is 6.54 Å². The van der Waals surface area contributed by atoms with Crippen molar-refractivity contribution < 1.29 is 18.0 Å². The van der Waals surface area contributed by atoms with Crippen LogP contribution in [-0.2, 0) is 0 Å². The lowest BCUT2D eigenvalue weighted by Crippen LogP contribution is -2.35. The summed E-state index contributed by atoms with van der Waals surface area (Å²) in [6.45, 7) is 3.22. The van der Waals surface area contributed by atoms with E-state index in [2.05, 4.69) is 5.32 Å². The van der Waals surface area contributed by atoms with E-state index >= 15 is 0 Å². The maximum Gasteiger partial charge on any atom is 0.405 e. The first-order valence-corrected chi connectivity index (χ1v) is 6.78. The Labute approximate surface area is 122 Å². The number of nitrogen functional groups attached to an aromatic ring is 1. The van der Waals surface area contributed by atoms with E-state index < -0.39 is 12.7 Å². The van der Waals surface area contributed by atoms with Crippen LogP contribution < -0.4 is 16.0 Å². The Bertz CT molecular complexity index is 489. The summed E-state index contributed by atoms with van der Waals surface area (Å²) in [7, 11) is 0. The Hall–Kier alpha value is -1.92. The number of anilines is 2. The predicted octanol–water partition coefficient (Wildman–Crippen LogP) is 2.80. The lowest BCUT2D eigenvalue weighted by molar-refractivity contribution is -0.119. The number of nitrogens with one attached hydrogen (secondary N) is 1. The van der Waals surface area contributed by atoms with E-state index in [1.165, 1.54) is 23.1 Å². The van der Waals surface area contributed by atoms with Crippen LogP contribution >= 0.6 is 0 Å². The van der Waals surface area contributed by atoms with Crippen molar-refractivity contribution in [2.24, 2.45) is 0 Å². The molecule has 0 saturated heterocycles. The lowest BCUT2D eigenvalue weighted by atomic mass is 10.1. The van der Waals surface area contributed by atoms with Crippen LogP contribution in [0.25, 0.3) is 0 Å². The zero-order valence-electron chi connectivity index (χ0n) is 12.1. The molecular weight excluding hydrogens is 283 g/mol. The Morgan fingerprint density at radius 3 is 2.48 bits per heavy atom. The Balaban J connectivity index is 3.02. The van der Waals surface area contributed by atoms with Gasteiger partial charge in [0.2, 0.25) is 0 Å². The molecule has 4 nitrogen and oxygen atoms in total. The highest BCUT2D eigenvalue weighted by Gasteiger charge is 2.31. The summed E-state index contributed by atoms with van der Waals surface area (Å²) < 4.78 is 37.8. The van der Waals surface area contributed by atoms with E-state index in [0.717, 1.165) is 0 Å². The second kappa shape index (κ2) is 7.19. The number of nitrogens with zero attached hydrogens (tertiary/aromatic N) is 1. The monoisotopic (exact) mass is 303 g/mol. The van der Waals surface area contributed by atoms with Gasteiger partial charge in [0.05, 0.1) is 11.4 Å². The molecule has 0 fully saturated rings. The van der Waals surface area contributed by atoms with Crippen LogP contribution in [0, 0.1) is 0 Å². The molecule has 0 unspecified atom stereocenters. The standard InChI is InChI=1S/C14H20F3N3O/c1-3-7-20(9-14(15,16)17)12-6-5-10(8-11(12)18)13(21)19-4-2/h5-6,8H,3-4,7,9,18H2,1-2H3,(H,19,21). The second-order valence-electron chi connectivity index (χ2n) is 4.67. The number of hydrogen-bond acceptors (Lipinski definition) is 3. The van der Waals surface area contributed by atoms with Crippen molar-refractivity contribution in [1.82, 2.24) is 5.32 Å². The molecule has 0 spiro atoms. The Morgan fingerprint density at radius 2 is 2.00 bits per heavy atom. The molecule has 0 bridgehead atoms. The molecule has 1 rings (SSSR count). The van der Waals surface area contributed by atoms with Crippen molar-refractivity contribution in [2.45, 2.75) is 26.4 Å². The number of alkyl halides is 3. The fraction of sp³-hybridized carbons (Fsp3) is 0.500. The van der Waals surface area contributed by atoms with Crippen LogP contribution in [0.2, 0.25) is 0 Å². The molecule has 0 radical (unpaired) electrons. The number of benzene rings is 1. The first kappa shape index (κ1) is 17.1. The van der Waals surface area contributed by atoms with Gasteiger partial charge in [0, 0.05) is 18.7 Å². The molecule has 3 N–H and O–H groups in total. The van der Waals surface area contributed by atoms with Crippen molar-refractivity contribution >= 4 is 17.3 Å². The number of rotatable bonds is 6. The summed E-state index contributed by atoms with van der Waals surface area (Å²) in [4.78, 5) is 12.8. The van der Waals surface area contributed by atoms with E-state index in [4.69, 9.17) is 5.73 Å². The van der Waals surface area contributed by atoms with Gasteiger partial charge in [-0.15, -0.1) is 0 Å². The van der Waals surface area contributed by atoms with Crippen LogP contribution in [0.4, 0.5) is 24.5 Å². The first-order valence-electron chi connectivity index (χ1n) is 6.78. The van der Waals surface area contributed by atoms with Crippen LogP contribution in [0.1, 0.15) is 30.6 Å². The largest absolute Gasteiger partial charge is 0.405 e. The number of carbonyl (C=O) groups excluding carboxylic acids is 1. The lowest BCUT2D eigenvalue weighted by Gasteiger charge is -2.27. The quantitative estimate of drug-likeness (QED) is 0.795. The molecule has 1 aromatic rings. The maximum atomic E-state index is 12.6. The number of nitrogens with two attached hydrogens (primary N) is 1. The Morgan fingerprint density at radius 1 is 1.33 bits per heavy atom. The fourth-order valence-corrected chi connectivity index (χ4v) is 2.02. The average molecular weight is 303 g/mol. The van der Waals surface area contributed by atoms with Crippen LogP contribution in [0.3, 0.4) is 0 Å². The second-order valence-corrected chi connectivity index (χ2v) is 4.67. The van der Waals surface area contributed by atoms with E-state index in [1.54, 1.807) is 13.8 Å². The SMILES string of the molecule is CCCN(CC(F)(F)F)c1ccc(C(=O)NCC)cc1N. The third-order valence-corrected chi connectivity index (χ3v) is 2.83. The summed E-state index contributed by atoms with van der Waals surface area (Å²) in [6, 6.07) is 4.34. The van der Waals surface area contributed by atoms with Gasteiger partial charge in [-0.05, 0) is 31.5 Å². The molecule has 0 atom stereocenters. The van der Waals surface area contributed by atoms with Crippen molar-refractivity contribution in [3.63, 3.8) is 0 Å². The summed E-state index contributed by atoms with van der Waals surface area (Å²) in [5.41, 5.74) is 6.61. The van der Waals surface area contributed by atoms with Gasteiger partial charge in [-0.2, -0.15) is 13.2 Å². The molecule has 1 amide bonds. The molecule has 0 aliphatic heterocycles. The van der Waals surface area contributed by atoms with E-state index in [-0.39, 0.29) is 18.1 Å². The number of amides is 1. The minimum Gasteiger partial charge on any atom is -0.397 e. The maximum absolute atomic E-state index is 12.6. The molecule has 21 heavy (non-hydrogen) atoms. The molecule has 7 heteroatoms. The highest BCUT2D eigenvalue weighted by Crippen LogP contribution is 2.28. The summed E-state index contributed by atoms with van der Waals surface area (Å²) in [5, 5.41) is 2.61. The van der Waals surface area contributed by atoms with Gasteiger partial charge in [0.25, 0.3) is 5.91 Å². The van der Waals surface area contributed by atoms with Crippen LogP contribution in [0.15, 0.2) is 18.2 Å². The van der Waals surface area contributed by atoms with Gasteiger partial charge in [-0.3, -0.25) is 4.79 Å². The van der Waals surface area contributed by atoms with Crippen LogP contribution in [-0.4, -0.2) is 31.7 Å². The number of hydrogen-bond donors (Lipinski definition) is 2. The minimum absolute atomic E-state index is 0.163. The van der Waals surface area contributed by atoms with Gasteiger partial charge in [-0.1, -0.05) is 6.92 Å². The van der Waals surface area contributed by atoms with Crippen LogP contribution in [0.5, 0.6) is 0 Å². The van der Waals surface area contributed by atoms with Crippen molar-refractivity contribution in [3.8, 4) is 0 Å². The third-order valence-electron chi connectivity index (χ3n) is 2.83. The molecule has 0 aliphatic carbocycles. The van der Waals surface area contributed by atoms with E-state index in [1.807, 2.05) is 0 Å². The van der Waals surface area contributed by atoms with Crippen molar-refractivity contribution in [1.29, 1.82) is 0 Å². The minimum atomic E-state index is -4.31. The average Bonchev–Trinajstić information content (AvgIpc) is 2.37. The Kier molecular flexibility index (Phi) is 5.87. The zero-order chi connectivity index (χ0) is 16.0. The first-order chi connectivity index (χ1) is 9.78. The molecule has 1 aromatic carbocycles.